The summed E-state index contributed by atoms with van der Waals surface area (Å²) in [5.74, 6) is 2.17. The molecule has 0 aromatic carbocycles. The van der Waals surface area contributed by atoms with E-state index in [0.717, 1.165) is 30.7 Å². The molecule has 104 valence electrons. The van der Waals surface area contributed by atoms with Gasteiger partial charge in [0.2, 0.25) is 0 Å². The molecule has 0 amide bonds. The summed E-state index contributed by atoms with van der Waals surface area (Å²) >= 11 is 0. The standard InChI is InChI=1S/C16H25N3/c1-4-17-9-15-11(2)7-12(3)18-16(15)19-10-13-5-6-14(19)8-13/h7,13-14,17H,4-6,8-10H2,1-3H3. The lowest BCUT2D eigenvalue weighted by atomic mass is 10.1. The first kappa shape index (κ1) is 12.9. The second-order valence-electron chi connectivity index (χ2n) is 6.15. The Kier molecular flexibility index (Phi) is 3.48. The highest BCUT2D eigenvalue weighted by Gasteiger charge is 2.39. The van der Waals surface area contributed by atoms with Crippen LogP contribution in [0.2, 0.25) is 0 Å². The van der Waals surface area contributed by atoms with E-state index in [0.29, 0.717) is 0 Å². The molecule has 19 heavy (non-hydrogen) atoms. The van der Waals surface area contributed by atoms with E-state index in [4.69, 9.17) is 4.98 Å². The molecule has 1 aliphatic heterocycles. The first-order valence-corrected chi connectivity index (χ1v) is 7.63. The number of fused-ring (bicyclic) bond motifs is 2. The summed E-state index contributed by atoms with van der Waals surface area (Å²) in [4.78, 5) is 7.46. The van der Waals surface area contributed by atoms with Crippen molar-refractivity contribution in [1.82, 2.24) is 10.3 Å². The quantitative estimate of drug-likeness (QED) is 0.901. The van der Waals surface area contributed by atoms with Gasteiger partial charge >= 0.3 is 0 Å². The van der Waals surface area contributed by atoms with E-state index in [2.05, 4.69) is 37.1 Å². The highest BCUT2D eigenvalue weighted by atomic mass is 15.2. The third-order valence-electron chi connectivity index (χ3n) is 4.69. The number of pyridine rings is 1. The average Bonchev–Trinajstić information content (AvgIpc) is 2.99. The SMILES string of the molecule is CCNCc1c(C)cc(C)nc1N1CC2CCC1C2. The smallest absolute Gasteiger partial charge is 0.133 e. The van der Waals surface area contributed by atoms with Crippen LogP contribution in [0.4, 0.5) is 5.82 Å². The lowest BCUT2D eigenvalue weighted by Crippen LogP contribution is -2.34. The number of anilines is 1. The maximum atomic E-state index is 4.87. The Morgan fingerprint density at radius 1 is 1.37 bits per heavy atom. The van der Waals surface area contributed by atoms with Gasteiger partial charge in [0.15, 0.2) is 0 Å². The summed E-state index contributed by atoms with van der Waals surface area (Å²) < 4.78 is 0. The van der Waals surface area contributed by atoms with E-state index < -0.39 is 0 Å². The average molecular weight is 259 g/mol. The molecule has 0 radical (unpaired) electrons. The topological polar surface area (TPSA) is 28.2 Å². The second kappa shape index (κ2) is 5.12. The van der Waals surface area contributed by atoms with Crippen LogP contribution in [0.1, 0.15) is 43.0 Å². The second-order valence-corrected chi connectivity index (χ2v) is 6.15. The Labute approximate surface area is 116 Å². The minimum absolute atomic E-state index is 0.749. The number of aryl methyl sites for hydroxylation is 2. The number of piperidine rings is 1. The molecule has 0 spiro atoms. The number of rotatable bonds is 4. The largest absolute Gasteiger partial charge is 0.353 e. The number of nitrogens with one attached hydrogen (secondary N) is 1. The van der Waals surface area contributed by atoms with Gasteiger partial charge in [-0.2, -0.15) is 0 Å². The summed E-state index contributed by atoms with van der Waals surface area (Å²) in [5.41, 5.74) is 3.93. The molecule has 2 fully saturated rings. The summed E-state index contributed by atoms with van der Waals surface area (Å²) in [6.45, 7) is 9.67. The highest BCUT2D eigenvalue weighted by Crippen LogP contribution is 2.41. The monoisotopic (exact) mass is 259 g/mol. The van der Waals surface area contributed by atoms with E-state index in [9.17, 15) is 0 Å². The molecule has 3 nitrogen and oxygen atoms in total. The molecule has 2 bridgehead atoms. The van der Waals surface area contributed by atoms with Gasteiger partial charge in [-0.15, -0.1) is 0 Å². The number of hydrogen-bond acceptors (Lipinski definition) is 3. The lowest BCUT2D eigenvalue weighted by molar-refractivity contribution is 0.547. The lowest BCUT2D eigenvalue weighted by Gasteiger charge is -2.31. The fraction of sp³-hybridized carbons (Fsp3) is 0.688. The number of aromatic nitrogens is 1. The zero-order valence-electron chi connectivity index (χ0n) is 12.4. The molecule has 1 N–H and O–H groups in total. The van der Waals surface area contributed by atoms with Gasteiger partial charge in [-0.25, -0.2) is 4.98 Å². The van der Waals surface area contributed by atoms with Gasteiger partial charge in [0.25, 0.3) is 0 Å². The molecule has 3 heteroatoms. The van der Waals surface area contributed by atoms with Crippen molar-refractivity contribution >= 4 is 5.82 Å². The highest BCUT2D eigenvalue weighted by molar-refractivity contribution is 5.53. The van der Waals surface area contributed by atoms with Crippen molar-refractivity contribution in [3.05, 3.63) is 22.9 Å². The van der Waals surface area contributed by atoms with Crippen LogP contribution in [0.3, 0.4) is 0 Å². The predicted molar refractivity (Wildman–Crippen MR) is 79.6 cm³/mol. The molecule has 1 aromatic rings. The van der Waals surface area contributed by atoms with Gasteiger partial charge in [0, 0.05) is 30.4 Å². The van der Waals surface area contributed by atoms with Crippen LogP contribution in [0.5, 0.6) is 0 Å². The van der Waals surface area contributed by atoms with E-state index in [1.165, 1.54) is 42.8 Å². The van der Waals surface area contributed by atoms with Crippen molar-refractivity contribution in [2.45, 2.75) is 52.6 Å². The third kappa shape index (κ3) is 2.36. The van der Waals surface area contributed by atoms with Crippen molar-refractivity contribution < 1.29 is 0 Å². The van der Waals surface area contributed by atoms with Crippen molar-refractivity contribution in [2.24, 2.45) is 5.92 Å². The van der Waals surface area contributed by atoms with Crippen molar-refractivity contribution in [3.63, 3.8) is 0 Å². The summed E-state index contributed by atoms with van der Waals surface area (Å²) in [7, 11) is 0. The van der Waals surface area contributed by atoms with Gasteiger partial charge in [-0.3, -0.25) is 0 Å². The summed E-state index contributed by atoms with van der Waals surface area (Å²) in [5, 5.41) is 3.47. The van der Waals surface area contributed by atoms with Crippen LogP contribution >= 0.6 is 0 Å². The molecule has 1 aromatic heterocycles. The minimum atomic E-state index is 0.749. The van der Waals surface area contributed by atoms with Crippen molar-refractivity contribution in [1.29, 1.82) is 0 Å². The number of nitrogens with zero attached hydrogens (tertiary/aromatic N) is 2. The maximum absolute atomic E-state index is 4.87. The van der Waals surface area contributed by atoms with Crippen molar-refractivity contribution in [3.8, 4) is 0 Å². The fourth-order valence-corrected chi connectivity index (χ4v) is 3.73. The van der Waals surface area contributed by atoms with Gasteiger partial charge in [0.1, 0.15) is 5.82 Å². The van der Waals surface area contributed by atoms with Gasteiger partial charge in [0.05, 0.1) is 0 Å². The molecule has 2 atom stereocenters. The Morgan fingerprint density at radius 2 is 2.21 bits per heavy atom. The molecular formula is C16H25N3. The van der Waals surface area contributed by atoms with Gasteiger partial charge < -0.3 is 10.2 Å². The molecule has 2 aliphatic rings. The Bertz CT molecular complexity index is 469. The molecule has 1 saturated carbocycles. The van der Waals surface area contributed by atoms with Gasteiger partial charge in [-0.05, 0) is 57.2 Å². The molecule has 2 unspecified atom stereocenters. The normalized spacial score (nSPS) is 25.3. The molecule has 1 aliphatic carbocycles. The predicted octanol–water partition coefficient (Wildman–Crippen LogP) is 2.80. The Morgan fingerprint density at radius 3 is 2.84 bits per heavy atom. The third-order valence-corrected chi connectivity index (χ3v) is 4.69. The van der Waals surface area contributed by atoms with E-state index in [1.54, 1.807) is 0 Å². The fourth-order valence-electron chi connectivity index (χ4n) is 3.73. The molecule has 3 rings (SSSR count). The maximum Gasteiger partial charge on any atom is 0.133 e. The van der Waals surface area contributed by atoms with Crippen molar-refractivity contribution in [2.75, 3.05) is 18.0 Å². The minimum Gasteiger partial charge on any atom is -0.353 e. The van der Waals surface area contributed by atoms with Crippen LogP contribution in [-0.2, 0) is 6.54 Å². The summed E-state index contributed by atoms with van der Waals surface area (Å²) in [6.07, 6.45) is 4.17. The van der Waals surface area contributed by atoms with Crippen LogP contribution in [-0.4, -0.2) is 24.1 Å². The summed E-state index contributed by atoms with van der Waals surface area (Å²) in [6, 6.07) is 2.96. The van der Waals surface area contributed by atoms with Crippen LogP contribution in [0.15, 0.2) is 6.07 Å². The zero-order valence-corrected chi connectivity index (χ0v) is 12.4. The Balaban J connectivity index is 1.94. The van der Waals surface area contributed by atoms with Crippen LogP contribution < -0.4 is 10.2 Å². The molecular weight excluding hydrogens is 234 g/mol. The first-order chi connectivity index (χ1) is 9.19. The zero-order chi connectivity index (χ0) is 13.4. The van der Waals surface area contributed by atoms with Crippen LogP contribution in [0.25, 0.3) is 0 Å². The molecule has 1 saturated heterocycles. The van der Waals surface area contributed by atoms with Gasteiger partial charge in [-0.1, -0.05) is 6.92 Å². The Hall–Kier alpha value is -1.09. The van der Waals surface area contributed by atoms with E-state index in [-0.39, 0.29) is 0 Å². The molecule has 2 heterocycles. The first-order valence-electron chi connectivity index (χ1n) is 7.63. The number of hydrogen-bond donors (Lipinski definition) is 1. The van der Waals surface area contributed by atoms with E-state index in [1.807, 2.05) is 0 Å². The van der Waals surface area contributed by atoms with Crippen LogP contribution in [0, 0.1) is 19.8 Å². The van der Waals surface area contributed by atoms with E-state index >= 15 is 0 Å².